The first-order valence-corrected chi connectivity index (χ1v) is 5.46. The third-order valence-corrected chi connectivity index (χ3v) is 2.75. The Labute approximate surface area is 95.4 Å². The van der Waals surface area contributed by atoms with Gasteiger partial charge in [-0.3, -0.25) is 0 Å². The molecule has 94 valence electrons. The van der Waals surface area contributed by atoms with E-state index in [-0.39, 0.29) is 19.0 Å². The monoisotopic (exact) mass is 233 g/mol. The molecule has 0 aliphatic carbocycles. The average Bonchev–Trinajstić information content (AvgIpc) is 2.41. The van der Waals surface area contributed by atoms with Crippen molar-refractivity contribution in [3.63, 3.8) is 0 Å². The van der Waals surface area contributed by atoms with Crippen LogP contribution in [-0.2, 0) is 4.74 Å². The lowest BCUT2D eigenvalue weighted by Gasteiger charge is -2.25. The predicted molar refractivity (Wildman–Crippen MR) is 57.9 cm³/mol. The van der Waals surface area contributed by atoms with Crippen LogP contribution in [0.25, 0.3) is 0 Å². The van der Waals surface area contributed by atoms with E-state index < -0.39 is 24.0 Å². The number of aliphatic hydroxyl groups is 1. The molecule has 1 saturated heterocycles. The van der Waals surface area contributed by atoms with E-state index in [9.17, 15) is 9.18 Å². The Balaban J connectivity index is 2.62. The number of aliphatic hydroxyl groups excluding tert-OH is 1. The molecule has 0 spiro atoms. The molecule has 0 bridgehead atoms. The van der Waals surface area contributed by atoms with Crippen LogP contribution < -0.4 is 0 Å². The Morgan fingerprint density at radius 1 is 1.62 bits per heavy atom. The Hall–Kier alpha value is -0.840. The molecule has 1 aliphatic heterocycles. The highest BCUT2D eigenvalue weighted by molar-refractivity contribution is 5.68. The van der Waals surface area contributed by atoms with Crippen molar-refractivity contribution in [1.29, 1.82) is 0 Å². The predicted octanol–water partition coefficient (Wildman–Crippen LogP) is 1.57. The first-order chi connectivity index (χ1) is 7.18. The number of rotatable bonds is 1. The van der Waals surface area contributed by atoms with Crippen LogP contribution >= 0.6 is 0 Å². The Bertz CT molecular complexity index is 277. The SMILES string of the molecule is CC1CN(C(=O)OC(C)(C)C)C[C@@]1(F)CO. The van der Waals surface area contributed by atoms with Crippen molar-refractivity contribution < 1.29 is 19.0 Å². The molecule has 5 heteroatoms. The van der Waals surface area contributed by atoms with E-state index in [1.165, 1.54) is 4.90 Å². The summed E-state index contributed by atoms with van der Waals surface area (Å²) in [5.41, 5.74) is -2.28. The first-order valence-electron chi connectivity index (χ1n) is 5.46. The van der Waals surface area contributed by atoms with Crippen LogP contribution in [-0.4, -0.2) is 47.1 Å². The van der Waals surface area contributed by atoms with Crippen LogP contribution in [0.4, 0.5) is 9.18 Å². The summed E-state index contributed by atoms with van der Waals surface area (Å²) < 4.78 is 19.1. The van der Waals surface area contributed by atoms with E-state index >= 15 is 0 Å². The van der Waals surface area contributed by atoms with Crippen LogP contribution in [0.15, 0.2) is 0 Å². The normalized spacial score (nSPS) is 30.6. The zero-order valence-corrected chi connectivity index (χ0v) is 10.3. The highest BCUT2D eigenvalue weighted by Crippen LogP contribution is 2.31. The molecule has 1 unspecified atom stereocenters. The molecule has 16 heavy (non-hydrogen) atoms. The van der Waals surface area contributed by atoms with Crippen LogP contribution in [0.5, 0.6) is 0 Å². The van der Waals surface area contributed by atoms with Gasteiger partial charge in [-0.2, -0.15) is 0 Å². The molecule has 1 amide bonds. The summed E-state index contributed by atoms with van der Waals surface area (Å²) in [6.45, 7) is 6.59. The molecule has 0 aromatic rings. The molecule has 2 atom stereocenters. The number of carbonyl (C=O) groups excluding carboxylic acids is 1. The number of ether oxygens (including phenoxy) is 1. The van der Waals surface area contributed by atoms with Crippen molar-refractivity contribution in [2.75, 3.05) is 19.7 Å². The first kappa shape index (κ1) is 13.2. The van der Waals surface area contributed by atoms with Gasteiger partial charge in [-0.05, 0) is 20.8 Å². The van der Waals surface area contributed by atoms with Crippen LogP contribution in [0.2, 0.25) is 0 Å². The van der Waals surface area contributed by atoms with Gasteiger partial charge < -0.3 is 14.7 Å². The molecule has 1 fully saturated rings. The quantitative estimate of drug-likeness (QED) is 0.748. The number of carbonyl (C=O) groups is 1. The Morgan fingerprint density at radius 2 is 2.19 bits per heavy atom. The van der Waals surface area contributed by atoms with Crippen molar-refractivity contribution in [1.82, 2.24) is 4.90 Å². The molecule has 4 nitrogen and oxygen atoms in total. The average molecular weight is 233 g/mol. The minimum Gasteiger partial charge on any atom is -0.444 e. The summed E-state index contributed by atoms with van der Waals surface area (Å²) >= 11 is 0. The standard InChI is InChI=1S/C11H20FNO3/c1-8-5-13(6-11(8,12)7-14)9(15)16-10(2,3)4/h8,14H,5-7H2,1-4H3/t8?,11-/m1/s1. The van der Waals surface area contributed by atoms with E-state index in [2.05, 4.69) is 0 Å². The lowest BCUT2D eigenvalue weighted by Crippen LogP contribution is -2.39. The summed E-state index contributed by atoms with van der Waals surface area (Å²) in [6, 6.07) is 0. The van der Waals surface area contributed by atoms with E-state index in [0.717, 1.165) is 0 Å². The highest BCUT2D eigenvalue weighted by Gasteiger charge is 2.46. The summed E-state index contributed by atoms with van der Waals surface area (Å²) in [4.78, 5) is 13.0. The van der Waals surface area contributed by atoms with Crippen molar-refractivity contribution in [2.45, 2.75) is 39.0 Å². The van der Waals surface area contributed by atoms with Crippen LogP contribution in [0.1, 0.15) is 27.7 Å². The van der Waals surface area contributed by atoms with Crippen LogP contribution in [0.3, 0.4) is 0 Å². The zero-order chi connectivity index (χ0) is 12.6. The van der Waals surface area contributed by atoms with E-state index in [4.69, 9.17) is 9.84 Å². The summed E-state index contributed by atoms with van der Waals surface area (Å²) in [6.07, 6.45) is -0.521. The summed E-state index contributed by atoms with van der Waals surface area (Å²) in [7, 11) is 0. The number of hydrogen-bond donors (Lipinski definition) is 1. The Morgan fingerprint density at radius 3 is 2.56 bits per heavy atom. The van der Waals surface area contributed by atoms with Gasteiger partial charge in [-0.1, -0.05) is 6.92 Å². The minimum atomic E-state index is -1.70. The summed E-state index contributed by atoms with van der Waals surface area (Å²) in [5.74, 6) is -0.370. The fourth-order valence-electron chi connectivity index (χ4n) is 1.70. The smallest absolute Gasteiger partial charge is 0.410 e. The van der Waals surface area contributed by atoms with Gasteiger partial charge in [0.1, 0.15) is 5.60 Å². The fourth-order valence-corrected chi connectivity index (χ4v) is 1.70. The second kappa shape index (κ2) is 4.20. The van der Waals surface area contributed by atoms with Crippen molar-refractivity contribution in [3.05, 3.63) is 0 Å². The van der Waals surface area contributed by atoms with E-state index in [0.29, 0.717) is 0 Å². The van der Waals surface area contributed by atoms with Gasteiger partial charge in [0, 0.05) is 12.5 Å². The zero-order valence-electron chi connectivity index (χ0n) is 10.3. The van der Waals surface area contributed by atoms with Gasteiger partial charge in [0.05, 0.1) is 13.2 Å². The molecule has 1 aliphatic rings. The molecular weight excluding hydrogens is 213 g/mol. The van der Waals surface area contributed by atoms with Gasteiger partial charge in [0.25, 0.3) is 0 Å². The molecule has 1 N–H and O–H groups in total. The Kier molecular flexibility index (Phi) is 3.47. The number of nitrogens with zero attached hydrogens (tertiary/aromatic N) is 1. The fraction of sp³-hybridized carbons (Fsp3) is 0.909. The third kappa shape index (κ3) is 2.84. The summed E-state index contributed by atoms with van der Waals surface area (Å²) in [5, 5.41) is 8.97. The molecule has 1 heterocycles. The maximum absolute atomic E-state index is 14.0. The van der Waals surface area contributed by atoms with Crippen molar-refractivity contribution in [2.24, 2.45) is 5.92 Å². The van der Waals surface area contributed by atoms with Gasteiger partial charge in [0.2, 0.25) is 0 Å². The minimum absolute atomic E-state index is 0.0976. The molecule has 0 saturated carbocycles. The van der Waals surface area contributed by atoms with E-state index in [1.54, 1.807) is 27.7 Å². The lowest BCUT2D eigenvalue weighted by atomic mass is 9.96. The largest absolute Gasteiger partial charge is 0.444 e. The number of halogens is 1. The van der Waals surface area contributed by atoms with Crippen molar-refractivity contribution in [3.8, 4) is 0 Å². The second-order valence-electron chi connectivity index (χ2n) is 5.45. The third-order valence-electron chi connectivity index (χ3n) is 2.75. The number of hydrogen-bond acceptors (Lipinski definition) is 3. The molecular formula is C11H20FNO3. The second-order valence-corrected chi connectivity index (χ2v) is 5.45. The number of alkyl halides is 1. The van der Waals surface area contributed by atoms with Gasteiger partial charge >= 0.3 is 6.09 Å². The molecule has 0 aromatic carbocycles. The van der Waals surface area contributed by atoms with E-state index in [1.807, 2.05) is 0 Å². The van der Waals surface area contributed by atoms with Crippen LogP contribution in [0, 0.1) is 5.92 Å². The maximum Gasteiger partial charge on any atom is 0.410 e. The number of amides is 1. The molecule has 1 rings (SSSR count). The highest BCUT2D eigenvalue weighted by atomic mass is 19.1. The topological polar surface area (TPSA) is 49.8 Å². The van der Waals surface area contributed by atoms with Gasteiger partial charge in [0.15, 0.2) is 5.67 Å². The number of likely N-dealkylation sites (tertiary alicyclic amines) is 1. The van der Waals surface area contributed by atoms with Crippen molar-refractivity contribution >= 4 is 6.09 Å². The van der Waals surface area contributed by atoms with Gasteiger partial charge in [-0.15, -0.1) is 0 Å². The molecule has 0 radical (unpaired) electrons. The molecule has 0 aromatic heterocycles. The lowest BCUT2D eigenvalue weighted by molar-refractivity contribution is 0.0202. The van der Waals surface area contributed by atoms with Gasteiger partial charge in [-0.25, -0.2) is 9.18 Å². The maximum atomic E-state index is 14.0.